The number of carbonyl (C=O) groups excluding carboxylic acids is 2. The van der Waals surface area contributed by atoms with Gasteiger partial charge >= 0.3 is 25.7 Å². The van der Waals surface area contributed by atoms with Crippen molar-refractivity contribution in [3.05, 3.63) is 0 Å². The lowest BCUT2D eigenvalue weighted by Gasteiger charge is -2.41. The molecule has 0 aromatic rings. The molecule has 0 aromatic heterocycles. The molecule has 0 amide bonds. The van der Waals surface area contributed by atoms with Gasteiger partial charge in [0.25, 0.3) is 0 Å². The number of aliphatic carboxylic acids is 1. The molecule has 6 unspecified atom stereocenters. The minimum Gasteiger partial charge on any atom is -0.481 e. The zero-order valence-corrected chi connectivity index (χ0v) is 30.5. The van der Waals surface area contributed by atoms with Crippen molar-refractivity contribution in [2.45, 2.75) is 184 Å². The molecule has 7 N–H and O–H groups in total. The van der Waals surface area contributed by atoms with Gasteiger partial charge in [-0.2, -0.15) is 0 Å². The molecule has 50 heavy (non-hydrogen) atoms. The second-order valence-corrected chi connectivity index (χ2v) is 14.6. The Morgan fingerprint density at radius 2 is 0.980 bits per heavy atom. The maximum Gasteiger partial charge on any atom is 0.472 e. The van der Waals surface area contributed by atoms with E-state index in [0.29, 0.717) is 38.5 Å². The summed E-state index contributed by atoms with van der Waals surface area (Å²) in [7, 11) is -5.14. The number of carboxylic acids is 1. The first-order valence-electron chi connectivity index (χ1n) is 18.4. The Morgan fingerprint density at radius 1 is 0.580 bits per heavy atom. The summed E-state index contributed by atoms with van der Waals surface area (Å²) in [5.74, 6) is -2.11. The smallest absolute Gasteiger partial charge is 0.472 e. The van der Waals surface area contributed by atoms with Crippen LogP contribution >= 0.6 is 7.82 Å². The first-order chi connectivity index (χ1) is 23.8. The normalized spacial score (nSPS) is 24.0. The van der Waals surface area contributed by atoms with Gasteiger partial charge < -0.3 is 45.0 Å². The monoisotopic (exact) mass is 742 g/mol. The van der Waals surface area contributed by atoms with Crippen LogP contribution in [-0.2, 0) is 37.5 Å². The predicted octanol–water partition coefficient (Wildman–Crippen LogP) is 4.06. The number of unbranched alkanes of at least 4 members (excludes halogenated alkanes) is 16. The van der Waals surface area contributed by atoms with Crippen molar-refractivity contribution in [1.82, 2.24) is 0 Å². The average Bonchev–Trinajstić information content (AvgIpc) is 3.07. The van der Waals surface area contributed by atoms with E-state index in [1.165, 1.54) is 51.4 Å². The Labute approximate surface area is 296 Å². The number of carbonyl (C=O) groups is 3. The van der Waals surface area contributed by atoms with Gasteiger partial charge in [-0.3, -0.25) is 23.4 Å². The van der Waals surface area contributed by atoms with Crippen molar-refractivity contribution in [3.63, 3.8) is 0 Å². The summed E-state index contributed by atoms with van der Waals surface area (Å²) >= 11 is 0. The fourth-order valence-corrected chi connectivity index (χ4v) is 6.64. The number of phosphoric ester groups is 1. The zero-order chi connectivity index (χ0) is 37.4. The maximum atomic E-state index is 12.7. The molecule has 0 saturated heterocycles. The van der Waals surface area contributed by atoms with Crippen LogP contribution in [0.2, 0.25) is 0 Å². The number of carboxylic acid groups (broad SMARTS) is 1. The van der Waals surface area contributed by atoms with Crippen LogP contribution in [-0.4, -0.2) is 109 Å². The summed E-state index contributed by atoms with van der Waals surface area (Å²) in [4.78, 5) is 45.8. The van der Waals surface area contributed by atoms with Crippen molar-refractivity contribution in [2.75, 3.05) is 13.2 Å². The lowest BCUT2D eigenvalue weighted by atomic mass is 9.85. The number of aliphatic hydroxyl groups is 5. The zero-order valence-electron chi connectivity index (χ0n) is 29.6. The summed E-state index contributed by atoms with van der Waals surface area (Å²) < 4.78 is 33.0. The third-order valence-electron chi connectivity index (χ3n) is 8.74. The van der Waals surface area contributed by atoms with Gasteiger partial charge in [0.15, 0.2) is 6.10 Å². The van der Waals surface area contributed by atoms with E-state index in [0.717, 1.165) is 25.7 Å². The topological polar surface area (TPSA) is 247 Å². The molecule has 294 valence electrons. The van der Waals surface area contributed by atoms with Crippen LogP contribution in [0, 0.1) is 0 Å². The Hall–Kier alpha value is -1.68. The minimum atomic E-state index is -5.14. The predicted molar refractivity (Wildman–Crippen MR) is 182 cm³/mol. The molecule has 1 saturated carbocycles. The largest absolute Gasteiger partial charge is 0.481 e. The molecular weight excluding hydrogens is 679 g/mol. The molecule has 0 heterocycles. The summed E-state index contributed by atoms with van der Waals surface area (Å²) in [5, 5.41) is 58.4. The molecular formula is C34H63O15P. The van der Waals surface area contributed by atoms with Crippen molar-refractivity contribution in [2.24, 2.45) is 0 Å². The number of phosphoric acid groups is 1. The number of esters is 2. The highest BCUT2D eigenvalue weighted by Gasteiger charge is 2.51. The maximum absolute atomic E-state index is 12.7. The van der Waals surface area contributed by atoms with Gasteiger partial charge in [0.2, 0.25) is 0 Å². The van der Waals surface area contributed by atoms with Gasteiger partial charge in [0, 0.05) is 19.3 Å². The van der Waals surface area contributed by atoms with E-state index in [4.69, 9.17) is 23.6 Å². The number of rotatable bonds is 30. The van der Waals surface area contributed by atoms with E-state index in [1.54, 1.807) is 0 Å². The van der Waals surface area contributed by atoms with Gasteiger partial charge in [-0.25, -0.2) is 4.57 Å². The van der Waals surface area contributed by atoms with Crippen molar-refractivity contribution in [1.29, 1.82) is 0 Å². The fraction of sp³-hybridized carbons (Fsp3) is 0.912. The molecule has 16 heteroatoms. The molecule has 15 nitrogen and oxygen atoms in total. The van der Waals surface area contributed by atoms with Gasteiger partial charge in [-0.15, -0.1) is 0 Å². The van der Waals surface area contributed by atoms with Gasteiger partial charge in [0.1, 0.15) is 43.2 Å². The molecule has 0 aromatic carbocycles. The molecule has 0 bridgehead atoms. The molecule has 8 atom stereocenters. The standard InChI is InChI=1S/C34H63O15P/c1-2-3-4-5-6-7-8-9-10-11-12-15-18-21-27(37)46-23-25(48-28(38)22-19-16-13-14-17-20-26(35)36)24-47-50(44,45)49-34-32(42)30(40)29(39)31(41)33(34)43/h25,29-34,39-43H,2-24H2,1H3,(H,35,36)(H,44,45)/t25-,29?,30-,31?,32?,33?,34?/m1/s1. The van der Waals surface area contributed by atoms with Crippen molar-refractivity contribution < 1.29 is 73.0 Å². The first-order valence-corrected chi connectivity index (χ1v) is 19.9. The van der Waals surface area contributed by atoms with Crippen LogP contribution in [0.25, 0.3) is 0 Å². The Balaban J connectivity index is 2.52. The summed E-state index contributed by atoms with van der Waals surface area (Å²) in [6, 6.07) is 0. The highest BCUT2D eigenvalue weighted by atomic mass is 31.2. The summed E-state index contributed by atoms with van der Waals surface area (Å²) in [6.07, 6.45) is 4.78. The van der Waals surface area contributed by atoms with Crippen LogP contribution in [0.4, 0.5) is 0 Å². The van der Waals surface area contributed by atoms with Crippen LogP contribution in [0.15, 0.2) is 0 Å². The molecule has 1 aliphatic rings. The van der Waals surface area contributed by atoms with Crippen LogP contribution < -0.4 is 0 Å². The van der Waals surface area contributed by atoms with Crippen molar-refractivity contribution in [3.8, 4) is 0 Å². The SMILES string of the molecule is CCCCCCCCCCCCCCCC(=O)OC[C@H](COP(=O)(O)OC1C(O)C(O)C(O)[C@@H](O)C1O)OC(=O)CCCCCCCC(=O)O. The van der Waals surface area contributed by atoms with Crippen LogP contribution in [0.1, 0.15) is 142 Å². The fourth-order valence-electron chi connectivity index (χ4n) is 5.67. The van der Waals surface area contributed by atoms with Gasteiger partial charge in [-0.05, 0) is 19.3 Å². The van der Waals surface area contributed by atoms with E-state index >= 15 is 0 Å². The number of ether oxygens (including phenoxy) is 2. The summed E-state index contributed by atoms with van der Waals surface area (Å²) in [5.41, 5.74) is 0. The molecule has 1 aliphatic carbocycles. The third-order valence-corrected chi connectivity index (χ3v) is 9.72. The highest BCUT2D eigenvalue weighted by molar-refractivity contribution is 7.47. The third kappa shape index (κ3) is 21.0. The van der Waals surface area contributed by atoms with E-state index < -0.39 is 81.7 Å². The van der Waals surface area contributed by atoms with E-state index in [-0.39, 0.29) is 19.3 Å². The van der Waals surface area contributed by atoms with Crippen LogP contribution in [0.5, 0.6) is 0 Å². The number of aliphatic hydroxyl groups excluding tert-OH is 5. The molecule has 1 fully saturated rings. The molecule has 0 radical (unpaired) electrons. The Bertz CT molecular complexity index is 966. The lowest BCUT2D eigenvalue weighted by Crippen LogP contribution is -2.64. The Morgan fingerprint density at radius 3 is 1.44 bits per heavy atom. The molecule has 0 aliphatic heterocycles. The first kappa shape index (κ1) is 46.3. The second kappa shape index (κ2) is 27.0. The average molecular weight is 743 g/mol. The van der Waals surface area contributed by atoms with Crippen LogP contribution in [0.3, 0.4) is 0 Å². The van der Waals surface area contributed by atoms with Crippen molar-refractivity contribution >= 4 is 25.7 Å². The quantitative estimate of drug-likeness (QED) is 0.0312. The number of hydrogen-bond acceptors (Lipinski definition) is 13. The van der Waals surface area contributed by atoms with E-state index in [9.17, 15) is 49.4 Å². The lowest BCUT2D eigenvalue weighted by molar-refractivity contribution is -0.220. The second-order valence-electron chi connectivity index (χ2n) is 13.2. The van der Waals surface area contributed by atoms with E-state index in [2.05, 4.69) is 6.92 Å². The number of hydrogen-bond donors (Lipinski definition) is 7. The minimum absolute atomic E-state index is 0.0197. The Kier molecular flexibility index (Phi) is 25.0. The van der Waals surface area contributed by atoms with E-state index in [1.807, 2.05) is 0 Å². The van der Waals surface area contributed by atoms with Gasteiger partial charge in [0.05, 0.1) is 6.61 Å². The summed E-state index contributed by atoms with van der Waals surface area (Å²) in [6.45, 7) is 0.940. The highest BCUT2D eigenvalue weighted by Crippen LogP contribution is 2.47. The molecule has 0 spiro atoms. The van der Waals surface area contributed by atoms with Gasteiger partial charge in [-0.1, -0.05) is 103 Å². The molecule has 1 rings (SSSR count).